The lowest BCUT2D eigenvalue weighted by atomic mass is 10.1. The van der Waals surface area contributed by atoms with Gasteiger partial charge in [-0.05, 0) is 18.6 Å². The largest absolute Gasteiger partial charge is 0.345 e. The third-order valence-corrected chi connectivity index (χ3v) is 4.66. The maximum absolute atomic E-state index is 12.4. The van der Waals surface area contributed by atoms with Gasteiger partial charge in [-0.15, -0.1) is 11.3 Å². The lowest BCUT2D eigenvalue weighted by Crippen LogP contribution is -2.27. The molecule has 0 saturated carbocycles. The van der Waals surface area contributed by atoms with Crippen molar-refractivity contribution in [2.75, 3.05) is 0 Å². The first-order chi connectivity index (χ1) is 12.7. The van der Waals surface area contributed by atoms with Gasteiger partial charge in [0.25, 0.3) is 5.91 Å². The highest BCUT2D eigenvalue weighted by Crippen LogP contribution is 2.23. The van der Waals surface area contributed by atoms with Gasteiger partial charge in [0.2, 0.25) is 0 Å². The second-order valence-corrected chi connectivity index (χ2v) is 6.60. The lowest BCUT2D eigenvalue weighted by Gasteiger charge is -2.13. The molecule has 3 aromatic rings. The number of carbonyl (C=O) groups excluding carboxylic acids is 1. The van der Waals surface area contributed by atoms with Crippen LogP contribution in [0.15, 0.2) is 71.6 Å². The molecule has 0 saturated heterocycles. The van der Waals surface area contributed by atoms with Crippen LogP contribution in [0.5, 0.6) is 0 Å². The zero-order valence-electron chi connectivity index (χ0n) is 14.2. The Bertz CT molecular complexity index is 956. The van der Waals surface area contributed by atoms with E-state index in [-0.39, 0.29) is 11.6 Å². The van der Waals surface area contributed by atoms with E-state index in [2.05, 4.69) is 10.3 Å². The Hall–Kier alpha value is -3.23. The smallest absolute Gasteiger partial charge is 0.262 e. The monoisotopic (exact) mass is 359 g/mol. The molecule has 1 N–H and O–H groups in total. The first-order valence-corrected chi connectivity index (χ1v) is 9.04. The Balaban J connectivity index is 1.75. The quantitative estimate of drug-likeness (QED) is 0.535. The summed E-state index contributed by atoms with van der Waals surface area (Å²) in [6, 6.07) is 21.2. The summed E-state index contributed by atoms with van der Waals surface area (Å²) in [6.07, 6.45) is 1.53. The minimum atomic E-state index is -0.402. The lowest BCUT2D eigenvalue weighted by molar-refractivity contribution is -0.117. The summed E-state index contributed by atoms with van der Waals surface area (Å²) in [5.74, 6) is -0.402. The molecule has 0 bridgehead atoms. The molecule has 0 aliphatic carbocycles. The summed E-state index contributed by atoms with van der Waals surface area (Å²) in [7, 11) is 0. The molecule has 1 heterocycles. The summed E-state index contributed by atoms with van der Waals surface area (Å²) in [5, 5.41) is 14.8. The van der Waals surface area contributed by atoms with E-state index in [0.717, 1.165) is 16.8 Å². The summed E-state index contributed by atoms with van der Waals surface area (Å²) in [4.78, 5) is 16.9. The van der Waals surface area contributed by atoms with E-state index in [4.69, 9.17) is 0 Å². The van der Waals surface area contributed by atoms with Crippen LogP contribution in [-0.2, 0) is 4.79 Å². The van der Waals surface area contributed by atoms with Gasteiger partial charge in [0.1, 0.15) is 16.6 Å². The number of nitriles is 1. The molecule has 0 aliphatic heterocycles. The molecule has 0 spiro atoms. The highest BCUT2D eigenvalue weighted by molar-refractivity contribution is 7.10. The Kier molecular flexibility index (Phi) is 5.57. The maximum Gasteiger partial charge on any atom is 0.262 e. The minimum Gasteiger partial charge on any atom is -0.345 e. The van der Waals surface area contributed by atoms with Crippen LogP contribution in [0.25, 0.3) is 17.3 Å². The van der Waals surface area contributed by atoms with Gasteiger partial charge in [0.15, 0.2) is 0 Å². The van der Waals surface area contributed by atoms with Gasteiger partial charge >= 0.3 is 0 Å². The van der Waals surface area contributed by atoms with Gasteiger partial charge in [0, 0.05) is 10.9 Å². The molecule has 3 rings (SSSR count). The summed E-state index contributed by atoms with van der Waals surface area (Å²) >= 11 is 1.40. The van der Waals surface area contributed by atoms with Crippen molar-refractivity contribution in [3.05, 3.63) is 82.2 Å². The third-order valence-electron chi connectivity index (χ3n) is 3.87. The van der Waals surface area contributed by atoms with Gasteiger partial charge in [-0.1, -0.05) is 60.7 Å². The standard InChI is InChI=1S/C21H17N3OS/c1-15(16-8-4-2-5-9-16)23-21(25)18(13-22)12-20-24-19(14-26-20)17-10-6-3-7-11-17/h2-12,14-15H,1H3,(H,23,25)/b18-12-. The average molecular weight is 359 g/mol. The van der Waals surface area contributed by atoms with Gasteiger partial charge in [0.05, 0.1) is 11.7 Å². The number of hydrogen-bond acceptors (Lipinski definition) is 4. The molecule has 1 atom stereocenters. The molecule has 0 aliphatic rings. The predicted molar refractivity (Wildman–Crippen MR) is 104 cm³/mol. The topological polar surface area (TPSA) is 65.8 Å². The van der Waals surface area contributed by atoms with Crippen molar-refractivity contribution >= 4 is 23.3 Å². The average Bonchev–Trinajstić information content (AvgIpc) is 3.16. The summed E-state index contributed by atoms with van der Waals surface area (Å²) in [5.41, 5.74) is 2.86. The first kappa shape index (κ1) is 17.6. The van der Waals surface area contributed by atoms with Crippen LogP contribution >= 0.6 is 11.3 Å². The Labute approximate surface area is 156 Å². The number of amides is 1. The van der Waals surface area contributed by atoms with E-state index < -0.39 is 5.91 Å². The number of nitrogens with zero attached hydrogens (tertiary/aromatic N) is 2. The summed E-state index contributed by atoms with van der Waals surface area (Å²) < 4.78 is 0. The zero-order chi connectivity index (χ0) is 18.4. The fourth-order valence-corrected chi connectivity index (χ4v) is 3.23. The Morgan fingerprint density at radius 2 is 1.81 bits per heavy atom. The fourth-order valence-electron chi connectivity index (χ4n) is 2.47. The van der Waals surface area contributed by atoms with Crippen molar-refractivity contribution in [2.45, 2.75) is 13.0 Å². The van der Waals surface area contributed by atoms with Crippen molar-refractivity contribution in [2.24, 2.45) is 0 Å². The molecule has 5 heteroatoms. The molecule has 0 radical (unpaired) electrons. The van der Waals surface area contributed by atoms with E-state index in [1.807, 2.05) is 79.0 Å². The van der Waals surface area contributed by atoms with E-state index in [0.29, 0.717) is 5.01 Å². The molecule has 128 valence electrons. The second-order valence-electron chi connectivity index (χ2n) is 5.71. The summed E-state index contributed by atoms with van der Waals surface area (Å²) in [6.45, 7) is 1.89. The third kappa shape index (κ3) is 4.24. The van der Waals surface area contributed by atoms with Crippen molar-refractivity contribution in [3.63, 3.8) is 0 Å². The van der Waals surface area contributed by atoms with Gasteiger partial charge in [-0.25, -0.2) is 4.98 Å². The maximum atomic E-state index is 12.4. The number of hydrogen-bond donors (Lipinski definition) is 1. The van der Waals surface area contributed by atoms with Gasteiger partial charge in [-0.2, -0.15) is 5.26 Å². The zero-order valence-corrected chi connectivity index (χ0v) is 15.0. The molecule has 1 unspecified atom stereocenters. The van der Waals surface area contributed by atoms with Gasteiger partial charge in [-0.3, -0.25) is 4.79 Å². The van der Waals surface area contributed by atoms with E-state index in [1.54, 1.807) is 0 Å². The fraction of sp³-hybridized carbons (Fsp3) is 0.0952. The molecule has 1 amide bonds. The second kappa shape index (κ2) is 8.24. The van der Waals surface area contributed by atoms with Crippen LogP contribution in [0, 0.1) is 11.3 Å². The van der Waals surface area contributed by atoms with E-state index in [9.17, 15) is 10.1 Å². The molecular formula is C21H17N3OS. The van der Waals surface area contributed by atoms with Crippen LogP contribution in [-0.4, -0.2) is 10.9 Å². The number of aromatic nitrogens is 1. The molecule has 0 fully saturated rings. The van der Waals surface area contributed by atoms with E-state index in [1.165, 1.54) is 17.4 Å². The first-order valence-electron chi connectivity index (χ1n) is 8.16. The number of benzene rings is 2. The van der Waals surface area contributed by atoms with Crippen LogP contribution in [0.2, 0.25) is 0 Å². The molecule has 1 aromatic heterocycles. The Morgan fingerprint density at radius 1 is 1.15 bits per heavy atom. The SMILES string of the molecule is CC(NC(=O)/C(C#N)=C\c1nc(-c2ccccc2)cs1)c1ccccc1. The molecule has 2 aromatic carbocycles. The highest BCUT2D eigenvalue weighted by atomic mass is 32.1. The minimum absolute atomic E-state index is 0.0433. The Morgan fingerprint density at radius 3 is 2.46 bits per heavy atom. The van der Waals surface area contributed by atoms with Crippen molar-refractivity contribution in [1.82, 2.24) is 10.3 Å². The molecule has 26 heavy (non-hydrogen) atoms. The molecular weight excluding hydrogens is 342 g/mol. The van der Waals surface area contributed by atoms with Crippen molar-refractivity contribution in [3.8, 4) is 17.3 Å². The van der Waals surface area contributed by atoms with Crippen molar-refractivity contribution in [1.29, 1.82) is 5.26 Å². The van der Waals surface area contributed by atoms with E-state index >= 15 is 0 Å². The number of rotatable bonds is 5. The van der Waals surface area contributed by atoms with Crippen LogP contribution in [0.3, 0.4) is 0 Å². The molecule has 4 nitrogen and oxygen atoms in total. The van der Waals surface area contributed by atoms with Crippen LogP contribution in [0.1, 0.15) is 23.5 Å². The van der Waals surface area contributed by atoms with Gasteiger partial charge < -0.3 is 5.32 Å². The van der Waals surface area contributed by atoms with Crippen molar-refractivity contribution < 1.29 is 4.79 Å². The number of nitrogens with one attached hydrogen (secondary N) is 1. The van der Waals surface area contributed by atoms with Crippen LogP contribution in [0.4, 0.5) is 0 Å². The normalized spacial score (nSPS) is 12.2. The number of carbonyl (C=O) groups is 1. The highest BCUT2D eigenvalue weighted by Gasteiger charge is 2.14. The predicted octanol–water partition coefficient (Wildman–Crippen LogP) is 4.59. The number of thiazole rings is 1. The van der Waals surface area contributed by atoms with Crippen LogP contribution < -0.4 is 5.32 Å².